The van der Waals surface area contributed by atoms with E-state index in [9.17, 15) is 0 Å². The van der Waals surface area contributed by atoms with Crippen molar-refractivity contribution in [2.45, 2.75) is 13.2 Å². The molecule has 0 aliphatic rings. The van der Waals surface area contributed by atoms with Crippen molar-refractivity contribution in [1.82, 2.24) is 4.98 Å². The maximum absolute atomic E-state index is 5.24. The van der Waals surface area contributed by atoms with E-state index >= 15 is 0 Å². The van der Waals surface area contributed by atoms with Crippen molar-refractivity contribution in [3.63, 3.8) is 0 Å². The zero-order valence-corrected chi connectivity index (χ0v) is 11.5. The Hall–Kier alpha value is -2.26. The molecule has 3 aromatic rings. The zero-order valence-electron chi connectivity index (χ0n) is 11.5. The number of aromatic amines is 1. The van der Waals surface area contributed by atoms with Crippen molar-refractivity contribution >= 4 is 16.6 Å². The van der Waals surface area contributed by atoms with Crippen molar-refractivity contribution in [3.8, 4) is 0 Å². The second-order valence-electron chi connectivity index (χ2n) is 4.83. The van der Waals surface area contributed by atoms with Crippen molar-refractivity contribution in [2.24, 2.45) is 0 Å². The quantitative estimate of drug-likeness (QED) is 0.734. The topological polar surface area (TPSA) is 37.0 Å². The average molecular weight is 266 g/mol. The summed E-state index contributed by atoms with van der Waals surface area (Å²) in [6, 6.07) is 16.8. The Morgan fingerprint density at radius 3 is 2.75 bits per heavy atom. The van der Waals surface area contributed by atoms with E-state index in [0.717, 1.165) is 17.7 Å². The number of ether oxygens (including phenoxy) is 1. The number of rotatable bonds is 5. The lowest BCUT2D eigenvalue weighted by Gasteiger charge is -2.11. The summed E-state index contributed by atoms with van der Waals surface area (Å²) in [5.74, 6) is 0. The first-order valence-electron chi connectivity index (χ1n) is 6.73. The van der Waals surface area contributed by atoms with Gasteiger partial charge in [-0.05, 0) is 35.4 Å². The largest absolute Gasteiger partial charge is 0.381 e. The molecule has 3 heteroatoms. The molecule has 0 saturated carbocycles. The van der Waals surface area contributed by atoms with Crippen molar-refractivity contribution in [1.29, 1.82) is 0 Å². The Kier molecular flexibility index (Phi) is 3.70. The SMILES string of the molecule is COCc1ccccc1CNc1ccc2[nH]ccc2c1. The molecule has 102 valence electrons. The number of aromatic nitrogens is 1. The predicted molar refractivity (Wildman–Crippen MR) is 82.8 cm³/mol. The Morgan fingerprint density at radius 1 is 1.05 bits per heavy atom. The fraction of sp³-hybridized carbons (Fsp3) is 0.176. The number of hydrogen-bond donors (Lipinski definition) is 2. The van der Waals surface area contributed by atoms with Crippen LogP contribution < -0.4 is 5.32 Å². The molecular formula is C17H18N2O. The summed E-state index contributed by atoms with van der Waals surface area (Å²) in [6.45, 7) is 1.45. The molecule has 3 rings (SSSR count). The smallest absolute Gasteiger partial charge is 0.0716 e. The maximum atomic E-state index is 5.24. The van der Waals surface area contributed by atoms with Gasteiger partial charge in [-0.3, -0.25) is 0 Å². The van der Waals surface area contributed by atoms with Crippen LogP contribution in [0, 0.1) is 0 Å². The molecule has 0 aliphatic heterocycles. The number of benzene rings is 2. The molecule has 1 heterocycles. The molecule has 0 aliphatic carbocycles. The van der Waals surface area contributed by atoms with Crippen LogP contribution >= 0.6 is 0 Å². The van der Waals surface area contributed by atoms with Gasteiger partial charge in [-0.1, -0.05) is 24.3 Å². The van der Waals surface area contributed by atoms with Gasteiger partial charge < -0.3 is 15.0 Å². The molecule has 20 heavy (non-hydrogen) atoms. The van der Waals surface area contributed by atoms with Gasteiger partial charge in [0, 0.05) is 36.4 Å². The normalized spacial score (nSPS) is 10.8. The van der Waals surface area contributed by atoms with Crippen LogP contribution in [0.2, 0.25) is 0 Å². The molecular weight excluding hydrogens is 248 g/mol. The van der Waals surface area contributed by atoms with Crippen LogP contribution in [0.4, 0.5) is 5.69 Å². The fourth-order valence-electron chi connectivity index (χ4n) is 2.39. The number of methoxy groups -OCH3 is 1. The third-order valence-corrected chi connectivity index (χ3v) is 3.45. The highest BCUT2D eigenvalue weighted by Gasteiger charge is 2.02. The first kappa shape index (κ1) is 12.8. The van der Waals surface area contributed by atoms with Crippen LogP contribution in [0.25, 0.3) is 10.9 Å². The molecule has 0 saturated heterocycles. The van der Waals surface area contributed by atoms with E-state index in [1.807, 2.05) is 12.3 Å². The van der Waals surface area contributed by atoms with E-state index < -0.39 is 0 Å². The van der Waals surface area contributed by atoms with Gasteiger partial charge in [0.15, 0.2) is 0 Å². The maximum Gasteiger partial charge on any atom is 0.0716 e. The Balaban J connectivity index is 1.75. The summed E-state index contributed by atoms with van der Waals surface area (Å²) in [4.78, 5) is 3.20. The van der Waals surface area contributed by atoms with Crippen LogP contribution in [0.3, 0.4) is 0 Å². The van der Waals surface area contributed by atoms with E-state index in [-0.39, 0.29) is 0 Å². The van der Waals surface area contributed by atoms with Crippen LogP contribution in [-0.4, -0.2) is 12.1 Å². The summed E-state index contributed by atoms with van der Waals surface area (Å²) < 4.78 is 5.24. The van der Waals surface area contributed by atoms with E-state index in [0.29, 0.717) is 6.61 Å². The summed E-state index contributed by atoms with van der Waals surface area (Å²) in [7, 11) is 1.73. The van der Waals surface area contributed by atoms with Gasteiger partial charge in [0.1, 0.15) is 0 Å². The van der Waals surface area contributed by atoms with E-state index in [2.05, 4.69) is 52.8 Å². The van der Waals surface area contributed by atoms with Gasteiger partial charge >= 0.3 is 0 Å². The third-order valence-electron chi connectivity index (χ3n) is 3.45. The minimum atomic E-state index is 0.648. The third kappa shape index (κ3) is 2.68. The summed E-state index contributed by atoms with van der Waals surface area (Å²) >= 11 is 0. The van der Waals surface area contributed by atoms with Crippen molar-refractivity contribution in [2.75, 3.05) is 12.4 Å². The number of fused-ring (bicyclic) bond motifs is 1. The highest BCUT2D eigenvalue weighted by Crippen LogP contribution is 2.19. The average Bonchev–Trinajstić information content (AvgIpc) is 2.94. The van der Waals surface area contributed by atoms with Crippen LogP contribution in [0.5, 0.6) is 0 Å². The van der Waals surface area contributed by atoms with Gasteiger partial charge in [0.2, 0.25) is 0 Å². The molecule has 2 N–H and O–H groups in total. The Bertz CT molecular complexity index is 703. The van der Waals surface area contributed by atoms with Crippen molar-refractivity contribution in [3.05, 3.63) is 65.9 Å². The summed E-state index contributed by atoms with van der Waals surface area (Å²) in [5.41, 5.74) is 4.79. The number of nitrogens with one attached hydrogen (secondary N) is 2. The van der Waals surface area contributed by atoms with E-state index in [4.69, 9.17) is 4.74 Å². The summed E-state index contributed by atoms with van der Waals surface area (Å²) in [6.07, 6.45) is 1.96. The van der Waals surface area contributed by atoms with Gasteiger partial charge in [-0.2, -0.15) is 0 Å². The van der Waals surface area contributed by atoms with Gasteiger partial charge in [-0.15, -0.1) is 0 Å². The fourth-order valence-corrected chi connectivity index (χ4v) is 2.39. The lowest BCUT2D eigenvalue weighted by molar-refractivity contribution is 0.184. The number of H-pyrrole nitrogens is 1. The summed E-state index contributed by atoms with van der Waals surface area (Å²) in [5, 5.41) is 4.69. The van der Waals surface area contributed by atoms with Crippen molar-refractivity contribution < 1.29 is 4.74 Å². The standard InChI is InChI=1S/C17H18N2O/c1-20-12-15-5-3-2-4-14(15)11-19-16-6-7-17-13(10-16)8-9-18-17/h2-10,18-19H,11-12H2,1H3. The predicted octanol–water partition coefficient (Wildman–Crippen LogP) is 3.93. The second kappa shape index (κ2) is 5.80. The number of anilines is 1. The molecule has 0 radical (unpaired) electrons. The van der Waals surface area contributed by atoms with E-state index in [1.54, 1.807) is 7.11 Å². The molecule has 0 amide bonds. The van der Waals surface area contributed by atoms with Gasteiger partial charge in [0.05, 0.1) is 6.61 Å². The molecule has 0 spiro atoms. The number of hydrogen-bond acceptors (Lipinski definition) is 2. The Labute approximate surface area is 118 Å². The second-order valence-corrected chi connectivity index (χ2v) is 4.83. The Morgan fingerprint density at radius 2 is 1.90 bits per heavy atom. The molecule has 0 atom stereocenters. The van der Waals surface area contributed by atoms with Crippen LogP contribution in [0.15, 0.2) is 54.7 Å². The van der Waals surface area contributed by atoms with Crippen LogP contribution in [-0.2, 0) is 17.9 Å². The minimum absolute atomic E-state index is 0.648. The zero-order chi connectivity index (χ0) is 13.8. The first-order valence-corrected chi connectivity index (χ1v) is 6.73. The van der Waals surface area contributed by atoms with Gasteiger partial charge in [0.25, 0.3) is 0 Å². The molecule has 3 nitrogen and oxygen atoms in total. The first-order chi connectivity index (χ1) is 9.86. The minimum Gasteiger partial charge on any atom is -0.381 e. The molecule has 0 bridgehead atoms. The van der Waals surface area contributed by atoms with Crippen LogP contribution in [0.1, 0.15) is 11.1 Å². The van der Waals surface area contributed by atoms with E-state index in [1.165, 1.54) is 16.5 Å². The highest BCUT2D eigenvalue weighted by atomic mass is 16.5. The lowest BCUT2D eigenvalue weighted by Crippen LogP contribution is -2.03. The van der Waals surface area contributed by atoms with Gasteiger partial charge in [-0.25, -0.2) is 0 Å². The molecule has 0 fully saturated rings. The highest BCUT2D eigenvalue weighted by molar-refractivity contribution is 5.82. The molecule has 1 aromatic heterocycles. The lowest BCUT2D eigenvalue weighted by atomic mass is 10.1. The monoisotopic (exact) mass is 266 g/mol. The molecule has 0 unspecified atom stereocenters. The molecule has 2 aromatic carbocycles.